The van der Waals surface area contributed by atoms with Gasteiger partial charge in [-0.25, -0.2) is 4.79 Å². The number of thiophene rings is 1. The van der Waals surface area contributed by atoms with E-state index in [9.17, 15) is 14.9 Å². The van der Waals surface area contributed by atoms with E-state index in [2.05, 4.69) is 5.32 Å². The van der Waals surface area contributed by atoms with Gasteiger partial charge in [0, 0.05) is 10.4 Å². The van der Waals surface area contributed by atoms with Crippen LogP contribution in [0, 0.1) is 18.3 Å². The molecule has 1 heterocycles. The highest BCUT2D eigenvalue weighted by molar-refractivity contribution is 7.17. The second-order valence-corrected chi connectivity index (χ2v) is 8.36. The lowest BCUT2D eigenvalue weighted by molar-refractivity contribution is -0.112. The lowest BCUT2D eigenvalue weighted by Gasteiger charge is -2.08. The minimum atomic E-state index is -0.602. The SMILES string of the molecule is CCCOc1ccc(/C=C(\C#N)C(=O)Nc2sc(C)c(-c3ccccc3)c2C(=O)OC)cc1. The molecule has 168 valence electrons. The van der Waals surface area contributed by atoms with Crippen molar-refractivity contribution in [2.45, 2.75) is 20.3 Å². The Bertz CT molecular complexity index is 1210. The third kappa shape index (κ3) is 5.68. The van der Waals surface area contributed by atoms with Crippen molar-refractivity contribution >= 4 is 34.3 Å². The predicted octanol–water partition coefficient (Wildman–Crippen LogP) is 5.84. The van der Waals surface area contributed by atoms with Crippen molar-refractivity contribution in [3.8, 4) is 22.9 Å². The largest absolute Gasteiger partial charge is 0.494 e. The molecule has 1 aromatic heterocycles. The molecule has 0 atom stereocenters. The zero-order valence-electron chi connectivity index (χ0n) is 18.7. The summed E-state index contributed by atoms with van der Waals surface area (Å²) < 4.78 is 10.5. The zero-order chi connectivity index (χ0) is 23.8. The van der Waals surface area contributed by atoms with Crippen molar-refractivity contribution in [2.24, 2.45) is 0 Å². The van der Waals surface area contributed by atoms with Crippen LogP contribution < -0.4 is 10.1 Å². The highest BCUT2D eigenvalue weighted by atomic mass is 32.1. The quantitative estimate of drug-likeness (QED) is 0.259. The molecule has 0 saturated heterocycles. The molecular formula is C26H24N2O4S. The molecule has 3 aromatic rings. The number of carbonyl (C=O) groups is 2. The third-order valence-corrected chi connectivity index (χ3v) is 5.81. The van der Waals surface area contributed by atoms with E-state index < -0.39 is 11.9 Å². The van der Waals surface area contributed by atoms with Gasteiger partial charge in [0.25, 0.3) is 5.91 Å². The van der Waals surface area contributed by atoms with Crippen molar-refractivity contribution in [3.63, 3.8) is 0 Å². The summed E-state index contributed by atoms with van der Waals surface area (Å²) >= 11 is 1.27. The van der Waals surface area contributed by atoms with Crippen molar-refractivity contribution in [1.29, 1.82) is 5.26 Å². The number of methoxy groups -OCH3 is 1. The fourth-order valence-electron chi connectivity index (χ4n) is 3.25. The molecule has 7 heteroatoms. The van der Waals surface area contributed by atoms with E-state index in [-0.39, 0.29) is 11.1 Å². The molecule has 33 heavy (non-hydrogen) atoms. The summed E-state index contributed by atoms with van der Waals surface area (Å²) in [7, 11) is 1.30. The molecule has 0 aliphatic heterocycles. The van der Waals surface area contributed by atoms with Crippen LogP contribution >= 0.6 is 11.3 Å². The van der Waals surface area contributed by atoms with Crippen LogP contribution in [0.25, 0.3) is 17.2 Å². The average molecular weight is 461 g/mol. The molecule has 0 fully saturated rings. The Hall–Kier alpha value is -3.89. The molecule has 6 nitrogen and oxygen atoms in total. The van der Waals surface area contributed by atoms with Crippen LogP contribution in [-0.2, 0) is 9.53 Å². The number of nitrogens with one attached hydrogen (secondary N) is 1. The number of anilines is 1. The van der Waals surface area contributed by atoms with Crippen LogP contribution in [0.4, 0.5) is 5.00 Å². The van der Waals surface area contributed by atoms with Gasteiger partial charge in [0.15, 0.2) is 0 Å². The Kier molecular flexibility index (Phi) is 8.01. The summed E-state index contributed by atoms with van der Waals surface area (Å²) in [5.41, 5.74) is 2.42. The van der Waals surface area contributed by atoms with Crippen LogP contribution in [0.3, 0.4) is 0 Å². The summed E-state index contributed by atoms with van der Waals surface area (Å²) in [6.45, 7) is 4.52. The average Bonchev–Trinajstić information content (AvgIpc) is 3.17. The van der Waals surface area contributed by atoms with E-state index in [1.807, 2.05) is 50.2 Å². The number of amides is 1. The Morgan fingerprint density at radius 3 is 2.42 bits per heavy atom. The van der Waals surface area contributed by atoms with E-state index in [0.717, 1.165) is 22.6 Å². The van der Waals surface area contributed by atoms with Crippen molar-refractivity contribution in [2.75, 3.05) is 19.0 Å². The second-order valence-electron chi connectivity index (χ2n) is 7.14. The maximum atomic E-state index is 12.9. The topological polar surface area (TPSA) is 88.4 Å². The summed E-state index contributed by atoms with van der Waals surface area (Å²) in [4.78, 5) is 26.4. The van der Waals surface area contributed by atoms with E-state index in [0.29, 0.717) is 22.7 Å². The molecule has 2 aromatic carbocycles. The number of benzene rings is 2. The van der Waals surface area contributed by atoms with Crippen LogP contribution in [0.5, 0.6) is 5.75 Å². The highest BCUT2D eigenvalue weighted by Gasteiger charge is 2.25. The molecule has 0 unspecified atom stereocenters. The molecule has 0 saturated carbocycles. The van der Waals surface area contributed by atoms with Gasteiger partial charge in [-0.15, -0.1) is 11.3 Å². The molecule has 1 amide bonds. The molecule has 1 N–H and O–H groups in total. The number of carbonyl (C=O) groups excluding carboxylic acids is 2. The lowest BCUT2D eigenvalue weighted by Crippen LogP contribution is -2.15. The maximum absolute atomic E-state index is 12.9. The zero-order valence-corrected chi connectivity index (χ0v) is 19.5. The van der Waals surface area contributed by atoms with Gasteiger partial charge in [0.2, 0.25) is 0 Å². The van der Waals surface area contributed by atoms with Crippen molar-refractivity contribution in [3.05, 3.63) is 76.2 Å². The second kappa shape index (κ2) is 11.1. The van der Waals surface area contributed by atoms with Gasteiger partial charge in [-0.05, 0) is 42.7 Å². The normalized spacial score (nSPS) is 10.9. The van der Waals surface area contributed by atoms with Gasteiger partial charge in [-0.1, -0.05) is 49.4 Å². The minimum absolute atomic E-state index is 0.0830. The van der Waals surface area contributed by atoms with Crippen LogP contribution in [-0.4, -0.2) is 25.6 Å². The Labute approximate surface area is 197 Å². The Morgan fingerprint density at radius 1 is 1.12 bits per heavy atom. The van der Waals surface area contributed by atoms with Gasteiger partial charge in [-0.3, -0.25) is 4.79 Å². The number of ether oxygens (including phenoxy) is 2. The molecule has 0 spiro atoms. The lowest BCUT2D eigenvalue weighted by atomic mass is 10.0. The number of hydrogen-bond donors (Lipinski definition) is 1. The third-order valence-electron chi connectivity index (χ3n) is 4.79. The van der Waals surface area contributed by atoms with Crippen LogP contribution in [0.2, 0.25) is 0 Å². The highest BCUT2D eigenvalue weighted by Crippen LogP contribution is 2.40. The van der Waals surface area contributed by atoms with E-state index in [1.54, 1.807) is 24.3 Å². The van der Waals surface area contributed by atoms with E-state index in [1.165, 1.54) is 24.5 Å². The minimum Gasteiger partial charge on any atom is -0.494 e. The Balaban J connectivity index is 1.90. The monoisotopic (exact) mass is 460 g/mol. The molecule has 0 radical (unpaired) electrons. The summed E-state index contributed by atoms with van der Waals surface area (Å²) in [5, 5.41) is 12.6. The summed E-state index contributed by atoms with van der Waals surface area (Å²) in [6, 6.07) is 18.5. The summed E-state index contributed by atoms with van der Waals surface area (Å²) in [5.74, 6) is -0.435. The molecule has 0 aliphatic rings. The molecule has 0 aliphatic carbocycles. The standard InChI is InChI=1S/C26H24N2O4S/c1-4-14-32-21-12-10-18(11-13-21)15-20(16-27)24(29)28-25-23(26(30)31-3)22(17(2)33-25)19-8-6-5-7-9-19/h5-13,15H,4,14H2,1-3H3,(H,28,29)/b20-15+. The number of aryl methyl sites for hydroxylation is 1. The van der Waals surface area contributed by atoms with Crippen LogP contribution in [0.1, 0.15) is 34.1 Å². The first-order valence-electron chi connectivity index (χ1n) is 10.4. The number of nitrogens with zero attached hydrogens (tertiary/aromatic N) is 1. The molecular weight excluding hydrogens is 436 g/mol. The van der Waals surface area contributed by atoms with Gasteiger partial charge < -0.3 is 14.8 Å². The van der Waals surface area contributed by atoms with Gasteiger partial charge in [-0.2, -0.15) is 5.26 Å². The van der Waals surface area contributed by atoms with E-state index >= 15 is 0 Å². The number of hydrogen-bond acceptors (Lipinski definition) is 6. The Morgan fingerprint density at radius 2 is 1.82 bits per heavy atom. The van der Waals surface area contributed by atoms with Gasteiger partial charge in [0.1, 0.15) is 28.0 Å². The predicted molar refractivity (Wildman–Crippen MR) is 130 cm³/mol. The fraction of sp³-hybridized carbons (Fsp3) is 0.192. The molecule has 0 bridgehead atoms. The van der Waals surface area contributed by atoms with Gasteiger partial charge in [0.05, 0.1) is 13.7 Å². The van der Waals surface area contributed by atoms with Crippen molar-refractivity contribution < 1.29 is 19.1 Å². The number of esters is 1. The first-order valence-corrected chi connectivity index (χ1v) is 11.2. The fourth-order valence-corrected chi connectivity index (χ4v) is 4.31. The smallest absolute Gasteiger partial charge is 0.341 e. The first-order chi connectivity index (χ1) is 16.0. The number of nitriles is 1. The van der Waals surface area contributed by atoms with Crippen molar-refractivity contribution in [1.82, 2.24) is 0 Å². The number of rotatable bonds is 8. The van der Waals surface area contributed by atoms with E-state index in [4.69, 9.17) is 9.47 Å². The van der Waals surface area contributed by atoms with Gasteiger partial charge >= 0.3 is 5.97 Å². The molecule has 3 rings (SSSR count). The first kappa shape index (κ1) is 23.8. The summed E-state index contributed by atoms with van der Waals surface area (Å²) in [6.07, 6.45) is 2.40. The maximum Gasteiger partial charge on any atom is 0.341 e. The van der Waals surface area contributed by atoms with Crippen LogP contribution in [0.15, 0.2) is 60.2 Å².